The number of pyridine rings is 1. The highest BCUT2D eigenvalue weighted by Gasteiger charge is 2.24. The van der Waals surface area contributed by atoms with E-state index in [1.807, 2.05) is 0 Å². The molecule has 0 fully saturated rings. The van der Waals surface area contributed by atoms with Gasteiger partial charge in [-0.05, 0) is 36.8 Å². The largest absolute Gasteiger partial charge is 0.384 e. The highest BCUT2D eigenvalue weighted by atomic mass is 35.5. The Balaban J connectivity index is 2.23. The lowest BCUT2D eigenvalue weighted by molar-refractivity contribution is 0.0714. The van der Waals surface area contributed by atoms with E-state index in [-0.39, 0.29) is 17.3 Å². The average molecular weight is 342 g/mol. The number of primary sulfonamides is 1. The monoisotopic (exact) mass is 341 g/mol. The van der Waals surface area contributed by atoms with Gasteiger partial charge in [0.2, 0.25) is 10.0 Å². The number of nitrogens with one attached hydrogen (secondary N) is 1. The molecule has 0 radical (unpaired) electrons. The second kappa shape index (κ2) is 6.21. The van der Waals surface area contributed by atoms with Crippen molar-refractivity contribution in [2.45, 2.75) is 17.4 Å². The number of benzene rings is 1. The van der Waals surface area contributed by atoms with E-state index < -0.39 is 15.6 Å². The molecule has 22 heavy (non-hydrogen) atoms. The summed E-state index contributed by atoms with van der Waals surface area (Å²) in [5.41, 5.74) is -0.668. The van der Waals surface area contributed by atoms with Gasteiger partial charge in [0.1, 0.15) is 16.3 Å². The van der Waals surface area contributed by atoms with Crippen molar-refractivity contribution >= 4 is 27.4 Å². The number of nitrogens with two attached hydrogens (primary N) is 1. The van der Waals surface area contributed by atoms with Crippen molar-refractivity contribution in [3.05, 3.63) is 53.2 Å². The van der Waals surface area contributed by atoms with Crippen LogP contribution in [-0.4, -0.2) is 25.1 Å². The van der Waals surface area contributed by atoms with E-state index in [2.05, 4.69) is 10.3 Å². The molecule has 8 heteroatoms. The van der Waals surface area contributed by atoms with Crippen molar-refractivity contribution in [1.29, 1.82) is 0 Å². The van der Waals surface area contributed by atoms with E-state index >= 15 is 0 Å². The van der Waals surface area contributed by atoms with Gasteiger partial charge in [-0.2, -0.15) is 0 Å². The van der Waals surface area contributed by atoms with Crippen LogP contribution in [0.1, 0.15) is 12.5 Å². The third-order valence-electron chi connectivity index (χ3n) is 3.12. The smallest absolute Gasteiger partial charge is 0.241 e. The van der Waals surface area contributed by atoms with Crippen molar-refractivity contribution in [2.24, 2.45) is 5.14 Å². The standard InChI is InChI=1S/C14H16ClN3O3S/c1-14(19,10-4-2-5-11(15)8-10)9-18-13-12(22(16,20)21)6-3-7-17-13/h2-8,19H,9H2,1H3,(H,17,18)(H2,16,20,21). The zero-order chi connectivity index (χ0) is 16.4. The van der Waals surface area contributed by atoms with Gasteiger partial charge in [0.15, 0.2) is 0 Å². The van der Waals surface area contributed by atoms with Crippen LogP contribution < -0.4 is 10.5 Å². The molecule has 2 aromatic rings. The molecule has 0 aliphatic rings. The van der Waals surface area contributed by atoms with Crippen LogP contribution in [0.5, 0.6) is 0 Å². The maximum atomic E-state index is 11.5. The minimum Gasteiger partial charge on any atom is -0.384 e. The fourth-order valence-corrected chi connectivity index (χ4v) is 2.79. The summed E-state index contributed by atoms with van der Waals surface area (Å²) in [6, 6.07) is 9.61. The van der Waals surface area contributed by atoms with Crippen molar-refractivity contribution < 1.29 is 13.5 Å². The summed E-state index contributed by atoms with van der Waals surface area (Å²) >= 11 is 5.91. The topological polar surface area (TPSA) is 105 Å². The molecule has 1 unspecified atom stereocenters. The van der Waals surface area contributed by atoms with Crippen LogP contribution in [0.15, 0.2) is 47.5 Å². The first kappa shape index (κ1) is 16.7. The average Bonchev–Trinajstić information content (AvgIpc) is 2.44. The van der Waals surface area contributed by atoms with Gasteiger partial charge in [-0.15, -0.1) is 0 Å². The van der Waals surface area contributed by atoms with Crippen LogP contribution in [0.25, 0.3) is 0 Å². The fourth-order valence-electron chi connectivity index (χ4n) is 1.93. The third kappa shape index (κ3) is 3.95. The van der Waals surface area contributed by atoms with Gasteiger partial charge in [0, 0.05) is 17.8 Å². The maximum absolute atomic E-state index is 11.5. The summed E-state index contributed by atoms with van der Waals surface area (Å²) in [7, 11) is -3.90. The molecular weight excluding hydrogens is 326 g/mol. The number of rotatable bonds is 5. The molecule has 118 valence electrons. The van der Waals surface area contributed by atoms with Crippen LogP contribution in [0, 0.1) is 0 Å². The van der Waals surface area contributed by atoms with Gasteiger partial charge >= 0.3 is 0 Å². The molecule has 0 saturated carbocycles. The number of aliphatic hydroxyl groups is 1. The first-order valence-electron chi connectivity index (χ1n) is 6.40. The Morgan fingerprint density at radius 2 is 2.09 bits per heavy atom. The van der Waals surface area contributed by atoms with Crippen molar-refractivity contribution in [1.82, 2.24) is 4.98 Å². The lowest BCUT2D eigenvalue weighted by Gasteiger charge is -2.25. The van der Waals surface area contributed by atoms with Gasteiger partial charge in [0.25, 0.3) is 0 Å². The summed E-state index contributed by atoms with van der Waals surface area (Å²) in [5.74, 6) is 0.0901. The molecule has 1 heterocycles. The summed E-state index contributed by atoms with van der Waals surface area (Å²) < 4.78 is 23.0. The Hall–Kier alpha value is -1.67. The number of nitrogens with zero attached hydrogens (tertiary/aromatic N) is 1. The lowest BCUT2D eigenvalue weighted by atomic mass is 9.96. The first-order chi connectivity index (χ1) is 10.2. The molecule has 0 spiro atoms. The van der Waals surface area contributed by atoms with Crippen LogP contribution in [0.4, 0.5) is 5.82 Å². The Morgan fingerprint density at radius 3 is 2.73 bits per heavy atom. The molecule has 0 aliphatic heterocycles. The molecule has 0 saturated heterocycles. The number of sulfonamides is 1. The predicted octanol–water partition coefficient (Wildman–Crippen LogP) is 1.70. The first-order valence-corrected chi connectivity index (χ1v) is 8.33. The molecule has 1 aromatic heterocycles. The molecule has 1 aromatic carbocycles. The van der Waals surface area contributed by atoms with Crippen LogP contribution >= 0.6 is 11.6 Å². The molecule has 0 bridgehead atoms. The predicted molar refractivity (Wildman–Crippen MR) is 85.1 cm³/mol. The molecular formula is C14H16ClN3O3S. The van der Waals surface area contributed by atoms with Gasteiger partial charge in [-0.3, -0.25) is 0 Å². The number of aromatic nitrogens is 1. The Bertz CT molecular complexity index is 778. The van der Waals surface area contributed by atoms with Crippen LogP contribution in [-0.2, 0) is 15.6 Å². The summed E-state index contributed by atoms with van der Waals surface area (Å²) in [5, 5.41) is 19.0. The minimum atomic E-state index is -3.90. The van der Waals surface area contributed by atoms with E-state index in [0.717, 1.165) is 0 Å². The highest BCUT2D eigenvalue weighted by molar-refractivity contribution is 7.89. The van der Waals surface area contributed by atoms with E-state index in [4.69, 9.17) is 16.7 Å². The summed E-state index contributed by atoms with van der Waals surface area (Å²) in [6.07, 6.45) is 1.44. The van der Waals surface area contributed by atoms with Crippen molar-refractivity contribution in [2.75, 3.05) is 11.9 Å². The Kier molecular flexibility index (Phi) is 4.72. The van der Waals surface area contributed by atoms with E-state index in [0.29, 0.717) is 10.6 Å². The Morgan fingerprint density at radius 1 is 1.36 bits per heavy atom. The molecule has 2 rings (SSSR count). The number of hydrogen-bond acceptors (Lipinski definition) is 5. The van der Waals surface area contributed by atoms with Crippen molar-refractivity contribution in [3.8, 4) is 0 Å². The molecule has 4 N–H and O–H groups in total. The maximum Gasteiger partial charge on any atom is 0.241 e. The quantitative estimate of drug-likeness (QED) is 0.767. The highest BCUT2D eigenvalue weighted by Crippen LogP contribution is 2.25. The normalized spacial score (nSPS) is 14.4. The second-order valence-corrected chi connectivity index (χ2v) is 7.00. The molecule has 6 nitrogen and oxygen atoms in total. The molecule has 1 atom stereocenters. The van der Waals surface area contributed by atoms with Crippen LogP contribution in [0.3, 0.4) is 0 Å². The van der Waals surface area contributed by atoms with Gasteiger partial charge in [0.05, 0.1) is 0 Å². The summed E-state index contributed by atoms with van der Waals surface area (Å²) in [4.78, 5) is 3.82. The van der Waals surface area contributed by atoms with Gasteiger partial charge in [-0.1, -0.05) is 23.7 Å². The number of halogens is 1. The van der Waals surface area contributed by atoms with E-state index in [1.54, 1.807) is 31.2 Å². The van der Waals surface area contributed by atoms with E-state index in [9.17, 15) is 13.5 Å². The van der Waals surface area contributed by atoms with Crippen molar-refractivity contribution in [3.63, 3.8) is 0 Å². The zero-order valence-electron chi connectivity index (χ0n) is 11.8. The fraction of sp³-hybridized carbons (Fsp3) is 0.214. The lowest BCUT2D eigenvalue weighted by Crippen LogP contribution is -2.31. The zero-order valence-corrected chi connectivity index (χ0v) is 13.4. The van der Waals surface area contributed by atoms with E-state index in [1.165, 1.54) is 18.3 Å². The minimum absolute atomic E-state index is 0.0346. The molecule has 0 aliphatic carbocycles. The third-order valence-corrected chi connectivity index (χ3v) is 4.30. The van der Waals surface area contributed by atoms with Gasteiger partial charge in [-0.25, -0.2) is 18.5 Å². The SMILES string of the molecule is CC(O)(CNc1ncccc1S(N)(=O)=O)c1cccc(Cl)c1. The number of hydrogen-bond donors (Lipinski definition) is 3. The van der Waals surface area contributed by atoms with Gasteiger partial charge < -0.3 is 10.4 Å². The number of anilines is 1. The summed E-state index contributed by atoms with van der Waals surface area (Å²) in [6.45, 7) is 1.62. The van der Waals surface area contributed by atoms with Crippen LogP contribution in [0.2, 0.25) is 5.02 Å². The second-order valence-electron chi connectivity index (χ2n) is 5.03. The Labute approximate surface area is 134 Å². The molecule has 0 amide bonds.